The number of urea groups is 1. The number of fused-ring (bicyclic) bond motifs is 2. The Labute approximate surface area is 395 Å². The zero-order chi connectivity index (χ0) is 47.6. The van der Waals surface area contributed by atoms with Gasteiger partial charge in [0.15, 0.2) is 0 Å². The van der Waals surface area contributed by atoms with Gasteiger partial charge in [0, 0.05) is 50.4 Å². The number of hydrogen-bond acceptors (Lipinski definition) is 12. The van der Waals surface area contributed by atoms with Crippen molar-refractivity contribution in [1.82, 2.24) is 65.7 Å². The summed E-state index contributed by atoms with van der Waals surface area (Å²) in [6.45, 7) is 4.67. The number of amides is 6. The molecule has 2 fully saturated rings. The second-order valence-corrected chi connectivity index (χ2v) is 17.0. The van der Waals surface area contributed by atoms with Gasteiger partial charge in [-0.25, -0.2) is 23.5 Å². The maximum absolute atomic E-state index is 13.5. The summed E-state index contributed by atoms with van der Waals surface area (Å²) in [5, 5.41) is 22.2. The third-order valence-electron chi connectivity index (χ3n) is 12.0. The summed E-state index contributed by atoms with van der Waals surface area (Å²) in [7, 11) is 0. The fourth-order valence-electron chi connectivity index (χ4n) is 8.12. The summed E-state index contributed by atoms with van der Waals surface area (Å²) in [5.74, 6) is -1.39. The molecule has 4 heterocycles. The summed E-state index contributed by atoms with van der Waals surface area (Å²) in [4.78, 5) is 78.7. The van der Waals surface area contributed by atoms with Crippen LogP contribution in [-0.2, 0) is 13.1 Å². The second-order valence-electron chi connectivity index (χ2n) is 17.0. The van der Waals surface area contributed by atoms with Crippen molar-refractivity contribution in [3.05, 3.63) is 118 Å². The van der Waals surface area contributed by atoms with Gasteiger partial charge in [0.05, 0.1) is 0 Å². The Balaban J connectivity index is 0.000000221. The SMILES string of the molecule is Cc1cc(CNC(=O)c2cc(C(=O)NCC3CCC(N)CC3)n3ncnc3n2)ccc1F.Cc1cc(CNC(=O)c2cc(C(=O)NCC3CCC(NC(N)=O)CC3)n3ncnc3n2)ccc1F.Cl. The maximum atomic E-state index is 13.5. The van der Waals surface area contributed by atoms with Crippen molar-refractivity contribution < 1.29 is 32.8 Å². The minimum Gasteiger partial charge on any atom is -0.352 e. The summed E-state index contributed by atoms with van der Waals surface area (Å²) in [6.07, 6.45) is 9.70. The summed E-state index contributed by atoms with van der Waals surface area (Å²) < 4.78 is 29.5. The van der Waals surface area contributed by atoms with Crippen molar-refractivity contribution in [2.75, 3.05) is 13.1 Å². The van der Waals surface area contributed by atoms with Crippen LogP contribution >= 0.6 is 12.4 Å². The number of carbonyl (C=O) groups excluding carboxylic acids is 5. The standard InChI is InChI=1S/C23H27FN8O3.C22H26FN7O2.ClH/c1-13-8-15(4-7-17(13)24)11-26-20(33)18-9-19(32-23(31-18)28-12-29-32)21(34)27-10-14-2-5-16(6-3-14)30-22(25)35;1-13-8-15(4-7-17(13)23)11-25-20(31)18-9-19(30-22(29-18)27-12-28-30)21(32)26-10-14-2-5-16(24)6-3-14;/h4,7-9,12,14,16H,2-3,5-6,10-11H2,1H3,(H,26,33)(H,27,34)(H3,25,30,35);4,7-9,12,14,16H,2-3,5-6,10-11,24H2,1H3,(H,25,31)(H,26,32);1H. The normalized spacial score (nSPS) is 17.8. The van der Waals surface area contributed by atoms with Gasteiger partial charge >= 0.3 is 6.03 Å². The van der Waals surface area contributed by atoms with Gasteiger partial charge in [-0.05, 0) is 111 Å². The van der Waals surface area contributed by atoms with Crippen LogP contribution in [0.15, 0.2) is 61.2 Å². The van der Waals surface area contributed by atoms with Crippen molar-refractivity contribution >= 4 is 53.6 Å². The monoisotopic (exact) mass is 957 g/mol. The Bertz CT molecular complexity index is 2770. The van der Waals surface area contributed by atoms with Crippen molar-refractivity contribution in [2.45, 2.75) is 90.4 Å². The minimum atomic E-state index is -0.524. The first kappa shape index (κ1) is 50.2. The predicted octanol–water partition coefficient (Wildman–Crippen LogP) is 3.63. The second kappa shape index (κ2) is 23.0. The molecule has 8 rings (SSSR count). The van der Waals surface area contributed by atoms with E-state index >= 15 is 0 Å². The number of halogens is 3. The minimum absolute atomic E-state index is 0. The van der Waals surface area contributed by atoms with Gasteiger partial charge < -0.3 is 38.1 Å². The lowest BCUT2D eigenvalue weighted by Gasteiger charge is -2.28. The number of primary amides is 1. The molecular formula is C45H54ClF2N15O5. The lowest BCUT2D eigenvalue weighted by molar-refractivity contribution is 0.0922. The van der Waals surface area contributed by atoms with E-state index in [0.717, 1.165) is 62.5 Å². The van der Waals surface area contributed by atoms with Gasteiger partial charge in [-0.15, -0.1) is 12.4 Å². The first-order chi connectivity index (χ1) is 32.2. The van der Waals surface area contributed by atoms with E-state index in [-0.39, 0.29) is 95.4 Å². The van der Waals surface area contributed by atoms with Gasteiger partial charge in [0.25, 0.3) is 35.2 Å². The van der Waals surface area contributed by atoms with E-state index in [1.165, 1.54) is 46.0 Å². The van der Waals surface area contributed by atoms with Crippen LogP contribution in [0.3, 0.4) is 0 Å². The number of benzene rings is 2. The topological polar surface area (TPSA) is 284 Å². The molecule has 0 bridgehead atoms. The summed E-state index contributed by atoms with van der Waals surface area (Å²) >= 11 is 0. The van der Waals surface area contributed by atoms with Gasteiger partial charge in [0.2, 0.25) is 0 Å². The van der Waals surface area contributed by atoms with Crippen LogP contribution in [0.5, 0.6) is 0 Å². The molecule has 0 unspecified atom stereocenters. The lowest BCUT2D eigenvalue weighted by Crippen LogP contribution is -2.42. The number of nitrogens with zero attached hydrogens (tertiary/aromatic N) is 8. The molecule has 20 nitrogen and oxygen atoms in total. The summed E-state index contributed by atoms with van der Waals surface area (Å²) in [6, 6.07) is 11.8. The van der Waals surface area contributed by atoms with E-state index in [1.54, 1.807) is 38.1 Å². The molecule has 23 heteroatoms. The van der Waals surface area contributed by atoms with Crippen molar-refractivity contribution in [3.8, 4) is 0 Å². The number of nitrogens with one attached hydrogen (secondary N) is 5. The molecule has 2 aromatic carbocycles. The lowest BCUT2D eigenvalue weighted by atomic mass is 9.86. The van der Waals surface area contributed by atoms with Crippen LogP contribution in [0.1, 0.15) is 116 Å². The molecule has 6 aromatic rings. The first-order valence-electron chi connectivity index (χ1n) is 22.1. The molecule has 9 N–H and O–H groups in total. The van der Waals surface area contributed by atoms with E-state index in [2.05, 4.69) is 56.7 Å². The van der Waals surface area contributed by atoms with Crippen LogP contribution in [0.4, 0.5) is 13.6 Å². The Hall–Kier alpha value is -7.20. The Morgan fingerprint density at radius 1 is 0.618 bits per heavy atom. The fourth-order valence-corrected chi connectivity index (χ4v) is 8.12. The van der Waals surface area contributed by atoms with E-state index < -0.39 is 23.8 Å². The molecule has 2 saturated carbocycles. The molecule has 0 aliphatic heterocycles. The zero-order valence-electron chi connectivity index (χ0n) is 37.5. The average Bonchev–Trinajstić information content (AvgIpc) is 4.01. The summed E-state index contributed by atoms with van der Waals surface area (Å²) in [5.41, 5.74) is 14.0. The number of aromatic nitrogens is 8. The van der Waals surface area contributed by atoms with Crippen LogP contribution in [-0.4, -0.2) is 94.0 Å². The average molecular weight is 958 g/mol. The highest BCUT2D eigenvalue weighted by Gasteiger charge is 2.25. The van der Waals surface area contributed by atoms with E-state index in [4.69, 9.17) is 11.5 Å². The highest BCUT2D eigenvalue weighted by Crippen LogP contribution is 2.24. The molecular weight excluding hydrogens is 904 g/mol. The smallest absolute Gasteiger partial charge is 0.312 e. The van der Waals surface area contributed by atoms with Crippen LogP contribution in [0, 0.1) is 37.3 Å². The molecule has 0 atom stereocenters. The van der Waals surface area contributed by atoms with Crippen LogP contribution in [0.2, 0.25) is 0 Å². The molecule has 6 amide bonds. The predicted molar refractivity (Wildman–Crippen MR) is 246 cm³/mol. The van der Waals surface area contributed by atoms with E-state index in [1.807, 2.05) is 0 Å². The molecule has 0 radical (unpaired) electrons. The molecule has 2 aliphatic rings. The number of hydrogen-bond donors (Lipinski definition) is 7. The maximum Gasteiger partial charge on any atom is 0.312 e. The fraction of sp³-hybridized carbons (Fsp3) is 0.400. The molecule has 0 spiro atoms. The Morgan fingerprint density at radius 2 is 1.04 bits per heavy atom. The number of aryl methyl sites for hydroxylation is 2. The number of rotatable bonds is 13. The quantitative estimate of drug-likeness (QED) is 0.0874. The third-order valence-corrected chi connectivity index (χ3v) is 12.0. The highest BCUT2D eigenvalue weighted by atomic mass is 35.5. The van der Waals surface area contributed by atoms with Gasteiger partial charge in [0.1, 0.15) is 47.1 Å². The molecule has 0 saturated heterocycles. The van der Waals surface area contributed by atoms with Crippen LogP contribution in [0.25, 0.3) is 11.6 Å². The number of carbonyl (C=O) groups is 5. The van der Waals surface area contributed by atoms with Crippen molar-refractivity contribution in [1.29, 1.82) is 0 Å². The van der Waals surface area contributed by atoms with E-state index in [0.29, 0.717) is 30.1 Å². The Kier molecular flexibility index (Phi) is 17.0. The first-order valence-corrected chi connectivity index (χ1v) is 22.1. The zero-order valence-corrected chi connectivity index (χ0v) is 38.3. The highest BCUT2D eigenvalue weighted by molar-refractivity contribution is 5.99. The molecule has 360 valence electrons. The van der Waals surface area contributed by atoms with Crippen LogP contribution < -0.4 is 38.1 Å². The molecule has 2 aliphatic carbocycles. The van der Waals surface area contributed by atoms with Gasteiger partial charge in [-0.3, -0.25) is 19.2 Å². The number of nitrogens with two attached hydrogens (primary N) is 2. The van der Waals surface area contributed by atoms with Crippen molar-refractivity contribution in [2.24, 2.45) is 23.3 Å². The van der Waals surface area contributed by atoms with Gasteiger partial charge in [-0.1, -0.05) is 24.3 Å². The van der Waals surface area contributed by atoms with E-state index in [9.17, 15) is 32.8 Å². The third kappa shape index (κ3) is 13.0. The molecule has 68 heavy (non-hydrogen) atoms. The Morgan fingerprint density at radius 3 is 1.46 bits per heavy atom. The molecule has 4 aromatic heterocycles. The van der Waals surface area contributed by atoms with Gasteiger partial charge in [-0.2, -0.15) is 29.2 Å². The van der Waals surface area contributed by atoms with Crippen molar-refractivity contribution in [3.63, 3.8) is 0 Å². The largest absolute Gasteiger partial charge is 0.352 e.